The van der Waals surface area contributed by atoms with E-state index in [9.17, 15) is 9.18 Å². The number of hydrogen-bond acceptors (Lipinski definition) is 4. The van der Waals surface area contributed by atoms with Crippen LogP contribution in [-0.2, 0) is 25.0 Å². The van der Waals surface area contributed by atoms with E-state index in [1.165, 1.54) is 47.4 Å². The number of thiazole rings is 1. The molecule has 0 spiro atoms. The number of nitrogens with one attached hydrogen (secondary N) is 1. The lowest BCUT2D eigenvalue weighted by Crippen LogP contribution is -2.25. The minimum Gasteiger partial charge on any atom is -0.351 e. The Morgan fingerprint density at radius 2 is 1.57 bits per heavy atom. The molecule has 1 heterocycles. The zero-order valence-electron chi connectivity index (χ0n) is 21.4. The third-order valence-corrected chi connectivity index (χ3v) is 6.84. The average Bonchev–Trinajstić information content (AvgIpc) is 3.28. The van der Waals surface area contributed by atoms with Crippen LogP contribution >= 0.6 is 11.3 Å². The van der Waals surface area contributed by atoms with Gasteiger partial charge >= 0.3 is 0 Å². The first-order chi connectivity index (χ1) is 16.7. The van der Waals surface area contributed by atoms with Crippen LogP contribution in [0.3, 0.4) is 0 Å². The Morgan fingerprint density at radius 1 is 0.943 bits per heavy atom. The summed E-state index contributed by atoms with van der Waals surface area (Å²) in [6.45, 7) is 11.5. The van der Waals surface area contributed by atoms with Gasteiger partial charge in [0.25, 0.3) is 5.91 Å². The van der Waals surface area contributed by atoms with Crippen LogP contribution in [0.1, 0.15) is 85.6 Å². The third kappa shape index (κ3) is 8.86. The minimum atomic E-state index is -0.233. The Balaban J connectivity index is 1.67. The van der Waals surface area contributed by atoms with E-state index in [0.29, 0.717) is 25.3 Å². The molecule has 0 saturated carbocycles. The van der Waals surface area contributed by atoms with Gasteiger partial charge in [0.15, 0.2) is 0 Å². The average molecular weight is 496 g/mol. The summed E-state index contributed by atoms with van der Waals surface area (Å²) in [5.74, 6) is -0.338. The third-order valence-electron chi connectivity index (χ3n) is 6.00. The van der Waals surface area contributed by atoms with Gasteiger partial charge in [-0.1, -0.05) is 83.4 Å². The van der Waals surface area contributed by atoms with Crippen molar-refractivity contribution in [2.45, 2.75) is 78.4 Å². The molecule has 0 aliphatic carbocycles. The summed E-state index contributed by atoms with van der Waals surface area (Å²) >= 11 is 1.51. The van der Waals surface area contributed by atoms with Crippen LogP contribution in [-0.4, -0.2) is 22.3 Å². The molecule has 2 aromatic carbocycles. The van der Waals surface area contributed by atoms with Crippen LogP contribution in [0.5, 0.6) is 0 Å². The second kappa shape index (κ2) is 12.9. The fourth-order valence-corrected chi connectivity index (χ4v) is 4.72. The first-order valence-corrected chi connectivity index (χ1v) is 13.4. The molecule has 1 N–H and O–H groups in total. The maximum absolute atomic E-state index is 13.4. The van der Waals surface area contributed by atoms with Gasteiger partial charge in [0.1, 0.15) is 16.5 Å². The van der Waals surface area contributed by atoms with E-state index < -0.39 is 0 Å². The van der Waals surface area contributed by atoms with E-state index in [1.807, 2.05) is 17.5 Å². The molecule has 0 aliphatic heterocycles. The number of carbonyl (C=O) groups is 1. The highest BCUT2D eigenvalue weighted by Gasteiger charge is 2.16. The highest BCUT2D eigenvalue weighted by Crippen LogP contribution is 2.23. The highest BCUT2D eigenvalue weighted by atomic mass is 32.1. The second-order valence-corrected chi connectivity index (χ2v) is 11.1. The Bertz CT molecular complexity index is 1050. The van der Waals surface area contributed by atoms with E-state index in [4.69, 9.17) is 0 Å². The maximum atomic E-state index is 13.4. The van der Waals surface area contributed by atoms with Crippen molar-refractivity contribution in [1.82, 2.24) is 15.2 Å². The molecule has 1 amide bonds. The monoisotopic (exact) mass is 495 g/mol. The summed E-state index contributed by atoms with van der Waals surface area (Å²) in [6, 6.07) is 15.4. The summed E-state index contributed by atoms with van der Waals surface area (Å²) in [6.07, 6.45) is 4.50. The van der Waals surface area contributed by atoms with Crippen LogP contribution < -0.4 is 5.32 Å². The van der Waals surface area contributed by atoms with Crippen molar-refractivity contribution in [3.8, 4) is 0 Å². The molecule has 3 rings (SSSR count). The highest BCUT2D eigenvalue weighted by molar-refractivity contribution is 7.09. The summed E-state index contributed by atoms with van der Waals surface area (Å²) in [4.78, 5) is 19.4. The van der Waals surface area contributed by atoms with Crippen molar-refractivity contribution >= 4 is 17.2 Å². The topological polar surface area (TPSA) is 45.2 Å². The van der Waals surface area contributed by atoms with Crippen LogP contribution in [0.15, 0.2) is 53.9 Å². The SMILES string of the molecule is CCCCCCNC(=O)c1csc(CN(Cc2ccc(F)cc2)Cc2ccc(C(C)(C)C)cc2)n1. The molecule has 0 saturated heterocycles. The molecular formula is C29H38FN3OS. The number of aromatic nitrogens is 1. The first kappa shape index (κ1) is 27.0. The second-order valence-electron chi connectivity index (χ2n) is 10.2. The molecule has 188 valence electrons. The predicted molar refractivity (Wildman–Crippen MR) is 143 cm³/mol. The lowest BCUT2D eigenvalue weighted by atomic mass is 9.87. The number of hydrogen-bond donors (Lipinski definition) is 1. The van der Waals surface area contributed by atoms with Crippen molar-refractivity contribution in [1.29, 1.82) is 0 Å². The Hall–Kier alpha value is -2.57. The molecule has 3 aromatic rings. The van der Waals surface area contributed by atoms with Crippen LogP contribution in [0.4, 0.5) is 4.39 Å². The van der Waals surface area contributed by atoms with Crippen molar-refractivity contribution in [2.75, 3.05) is 6.54 Å². The van der Waals surface area contributed by atoms with Crippen molar-refractivity contribution < 1.29 is 9.18 Å². The number of amides is 1. The zero-order valence-corrected chi connectivity index (χ0v) is 22.3. The number of carbonyl (C=O) groups excluding carboxylic acids is 1. The van der Waals surface area contributed by atoms with E-state index in [-0.39, 0.29) is 17.1 Å². The quantitative estimate of drug-likeness (QED) is 0.273. The van der Waals surface area contributed by atoms with E-state index in [1.54, 1.807) is 0 Å². The van der Waals surface area contributed by atoms with Gasteiger partial charge in [-0.05, 0) is 40.7 Å². The summed E-state index contributed by atoms with van der Waals surface area (Å²) in [7, 11) is 0. The summed E-state index contributed by atoms with van der Waals surface area (Å²) in [5.41, 5.74) is 4.15. The van der Waals surface area contributed by atoms with Gasteiger partial charge in [-0.2, -0.15) is 0 Å². The number of unbranched alkanes of at least 4 members (excludes halogenated alkanes) is 3. The molecule has 0 bridgehead atoms. The van der Waals surface area contributed by atoms with Gasteiger partial charge in [-0.3, -0.25) is 9.69 Å². The maximum Gasteiger partial charge on any atom is 0.270 e. The Kier molecular flexibility index (Phi) is 9.99. The smallest absolute Gasteiger partial charge is 0.270 e. The van der Waals surface area contributed by atoms with Crippen molar-refractivity contribution in [3.63, 3.8) is 0 Å². The number of benzene rings is 2. The first-order valence-electron chi connectivity index (χ1n) is 12.5. The minimum absolute atomic E-state index is 0.105. The van der Waals surface area contributed by atoms with E-state index >= 15 is 0 Å². The molecule has 0 atom stereocenters. The van der Waals surface area contributed by atoms with Gasteiger partial charge in [0.2, 0.25) is 0 Å². The van der Waals surface area contributed by atoms with Gasteiger partial charge in [-0.25, -0.2) is 9.37 Å². The lowest BCUT2D eigenvalue weighted by molar-refractivity contribution is 0.0948. The molecule has 0 unspecified atom stereocenters. The molecular weight excluding hydrogens is 457 g/mol. The molecule has 35 heavy (non-hydrogen) atoms. The normalized spacial score (nSPS) is 11.7. The zero-order chi connectivity index (χ0) is 25.3. The van der Waals surface area contributed by atoms with Gasteiger partial charge in [0, 0.05) is 25.0 Å². The van der Waals surface area contributed by atoms with Crippen LogP contribution in [0, 0.1) is 5.82 Å². The molecule has 6 heteroatoms. The number of rotatable bonds is 12. The fourth-order valence-electron chi connectivity index (χ4n) is 3.91. The summed E-state index contributed by atoms with van der Waals surface area (Å²) in [5, 5.41) is 5.72. The Labute approximate surface area is 213 Å². The van der Waals surface area contributed by atoms with Crippen molar-refractivity contribution in [3.05, 3.63) is 87.1 Å². The molecule has 4 nitrogen and oxygen atoms in total. The Morgan fingerprint density at radius 3 is 2.17 bits per heavy atom. The van der Waals surface area contributed by atoms with Gasteiger partial charge in [0.05, 0.1) is 6.54 Å². The predicted octanol–water partition coefficient (Wildman–Crippen LogP) is 7.09. The lowest BCUT2D eigenvalue weighted by Gasteiger charge is -2.23. The number of halogens is 1. The molecule has 0 fully saturated rings. The fraction of sp³-hybridized carbons (Fsp3) is 0.448. The van der Waals surface area contributed by atoms with Gasteiger partial charge < -0.3 is 5.32 Å². The molecule has 0 aliphatic rings. The van der Waals surface area contributed by atoms with Crippen LogP contribution in [0.25, 0.3) is 0 Å². The molecule has 1 aromatic heterocycles. The van der Waals surface area contributed by atoms with Crippen molar-refractivity contribution in [2.24, 2.45) is 0 Å². The standard InChI is InChI=1S/C29H38FN3OS/c1-5-6-7-8-17-31-28(34)26-21-35-27(32-26)20-33(19-23-11-15-25(30)16-12-23)18-22-9-13-24(14-10-22)29(2,3)4/h9-16,21H,5-8,17-20H2,1-4H3,(H,31,34). The summed E-state index contributed by atoms with van der Waals surface area (Å²) < 4.78 is 13.4. The largest absolute Gasteiger partial charge is 0.351 e. The van der Waals surface area contributed by atoms with E-state index in [0.717, 1.165) is 30.0 Å². The van der Waals surface area contributed by atoms with Gasteiger partial charge in [-0.15, -0.1) is 11.3 Å². The van der Waals surface area contributed by atoms with Crippen LogP contribution in [0.2, 0.25) is 0 Å². The molecule has 0 radical (unpaired) electrons. The number of nitrogens with zero attached hydrogens (tertiary/aromatic N) is 2. The van der Waals surface area contributed by atoms with E-state index in [2.05, 4.69) is 67.2 Å².